The molecule has 1 aromatic carbocycles. The Morgan fingerprint density at radius 3 is 2.50 bits per heavy atom. The maximum atomic E-state index is 11.7. The van der Waals surface area contributed by atoms with Crippen molar-refractivity contribution in [1.29, 1.82) is 0 Å². The summed E-state index contributed by atoms with van der Waals surface area (Å²) in [5.41, 5.74) is 7.11. The molecule has 0 fully saturated rings. The van der Waals surface area contributed by atoms with Crippen molar-refractivity contribution < 1.29 is 4.79 Å². The van der Waals surface area contributed by atoms with Gasteiger partial charge in [0.05, 0.1) is 6.42 Å². The highest BCUT2D eigenvalue weighted by Gasteiger charge is 2.05. The largest absolute Gasteiger partial charge is 0.399 e. The number of halogens is 1. The van der Waals surface area contributed by atoms with Crippen LogP contribution in [0.15, 0.2) is 36.4 Å². The predicted molar refractivity (Wildman–Crippen MR) is 70.2 cm³/mol. The van der Waals surface area contributed by atoms with E-state index in [1.807, 2.05) is 12.1 Å². The molecule has 1 aromatic heterocycles. The van der Waals surface area contributed by atoms with Crippen LogP contribution in [0, 0.1) is 0 Å². The van der Waals surface area contributed by atoms with Crippen LogP contribution in [0.25, 0.3) is 0 Å². The van der Waals surface area contributed by atoms with Gasteiger partial charge in [0.25, 0.3) is 0 Å². The summed E-state index contributed by atoms with van der Waals surface area (Å²) in [6.45, 7) is 0. The lowest BCUT2D eigenvalue weighted by Gasteiger charge is -2.04. The van der Waals surface area contributed by atoms with Crippen LogP contribution in [0.5, 0.6) is 0 Å². The van der Waals surface area contributed by atoms with Crippen molar-refractivity contribution >= 4 is 29.0 Å². The van der Waals surface area contributed by atoms with Gasteiger partial charge in [0, 0.05) is 5.69 Å². The highest BCUT2D eigenvalue weighted by molar-refractivity contribution is 6.29. The molecule has 3 N–H and O–H groups in total. The molecule has 5 nitrogen and oxygen atoms in total. The normalized spacial score (nSPS) is 10.1. The summed E-state index contributed by atoms with van der Waals surface area (Å²) >= 11 is 5.59. The van der Waals surface area contributed by atoms with Crippen molar-refractivity contribution in [1.82, 2.24) is 10.2 Å². The molecule has 6 heteroatoms. The van der Waals surface area contributed by atoms with E-state index in [0.29, 0.717) is 11.5 Å². The highest BCUT2D eigenvalue weighted by atomic mass is 35.5. The number of amides is 1. The zero-order chi connectivity index (χ0) is 13.0. The van der Waals surface area contributed by atoms with Gasteiger partial charge in [0.15, 0.2) is 11.0 Å². The standard InChI is InChI=1S/C12H11ClN4O/c13-10-5-6-11(17-16-10)15-12(18)7-8-1-3-9(14)4-2-8/h1-6H,7,14H2,(H,15,17,18). The monoisotopic (exact) mass is 262 g/mol. The zero-order valence-electron chi connectivity index (χ0n) is 9.43. The summed E-state index contributed by atoms with van der Waals surface area (Å²) in [5, 5.41) is 10.3. The Balaban J connectivity index is 1.96. The second kappa shape index (κ2) is 5.46. The van der Waals surface area contributed by atoms with Gasteiger partial charge in [-0.3, -0.25) is 4.79 Å². The van der Waals surface area contributed by atoms with Crippen LogP contribution in [-0.4, -0.2) is 16.1 Å². The van der Waals surface area contributed by atoms with Gasteiger partial charge < -0.3 is 11.1 Å². The molecule has 0 aliphatic heterocycles. The summed E-state index contributed by atoms with van der Waals surface area (Å²) in [7, 11) is 0. The van der Waals surface area contributed by atoms with Crippen LogP contribution in [0.3, 0.4) is 0 Å². The summed E-state index contributed by atoms with van der Waals surface area (Å²) in [4.78, 5) is 11.7. The second-order valence-electron chi connectivity index (χ2n) is 3.71. The summed E-state index contributed by atoms with van der Waals surface area (Å²) in [5.74, 6) is 0.205. The Labute approximate surface area is 109 Å². The number of nitrogens with zero attached hydrogens (tertiary/aromatic N) is 2. The number of nitrogens with two attached hydrogens (primary N) is 1. The number of rotatable bonds is 3. The molecule has 18 heavy (non-hydrogen) atoms. The van der Waals surface area contributed by atoms with E-state index in [1.54, 1.807) is 24.3 Å². The first-order valence-corrected chi connectivity index (χ1v) is 5.65. The van der Waals surface area contributed by atoms with Gasteiger partial charge in [0.1, 0.15) is 0 Å². The number of nitrogens with one attached hydrogen (secondary N) is 1. The van der Waals surface area contributed by atoms with E-state index in [-0.39, 0.29) is 17.5 Å². The quantitative estimate of drug-likeness (QED) is 0.828. The van der Waals surface area contributed by atoms with Crippen LogP contribution < -0.4 is 11.1 Å². The fourth-order valence-electron chi connectivity index (χ4n) is 1.39. The predicted octanol–water partition coefficient (Wildman–Crippen LogP) is 1.89. The van der Waals surface area contributed by atoms with Crippen LogP contribution in [0.2, 0.25) is 5.15 Å². The van der Waals surface area contributed by atoms with E-state index in [1.165, 1.54) is 0 Å². The first-order valence-electron chi connectivity index (χ1n) is 5.27. The number of anilines is 2. The number of nitrogen functional groups attached to an aromatic ring is 1. The Kier molecular flexibility index (Phi) is 3.74. The lowest BCUT2D eigenvalue weighted by molar-refractivity contribution is -0.115. The molecular formula is C12H11ClN4O. The lowest BCUT2D eigenvalue weighted by atomic mass is 10.1. The Morgan fingerprint density at radius 2 is 1.89 bits per heavy atom. The van der Waals surface area contributed by atoms with E-state index in [0.717, 1.165) is 5.56 Å². The minimum atomic E-state index is -0.170. The maximum absolute atomic E-state index is 11.7. The molecule has 1 heterocycles. The first kappa shape index (κ1) is 12.3. The van der Waals surface area contributed by atoms with E-state index in [9.17, 15) is 4.79 Å². The lowest BCUT2D eigenvalue weighted by Crippen LogP contribution is -2.15. The third kappa shape index (κ3) is 3.43. The van der Waals surface area contributed by atoms with Crippen molar-refractivity contribution in [3.8, 4) is 0 Å². The van der Waals surface area contributed by atoms with Crippen molar-refractivity contribution in [2.45, 2.75) is 6.42 Å². The van der Waals surface area contributed by atoms with Crippen molar-refractivity contribution in [2.75, 3.05) is 11.1 Å². The number of aromatic nitrogens is 2. The Morgan fingerprint density at radius 1 is 1.17 bits per heavy atom. The molecule has 2 aromatic rings. The van der Waals surface area contributed by atoms with Gasteiger partial charge in [-0.15, -0.1) is 10.2 Å². The molecule has 1 amide bonds. The molecule has 2 rings (SSSR count). The molecule has 0 atom stereocenters. The number of carbonyl (C=O) groups excluding carboxylic acids is 1. The third-order valence-electron chi connectivity index (χ3n) is 2.24. The molecule has 0 aliphatic carbocycles. The van der Waals surface area contributed by atoms with Gasteiger partial charge in [0.2, 0.25) is 5.91 Å². The minimum Gasteiger partial charge on any atom is -0.399 e. The van der Waals surface area contributed by atoms with E-state index < -0.39 is 0 Å². The SMILES string of the molecule is Nc1ccc(CC(=O)Nc2ccc(Cl)nn2)cc1. The van der Waals surface area contributed by atoms with Crippen molar-refractivity contribution in [3.63, 3.8) is 0 Å². The number of hydrogen-bond acceptors (Lipinski definition) is 4. The molecule has 0 saturated carbocycles. The summed E-state index contributed by atoms with van der Waals surface area (Å²) in [6.07, 6.45) is 0.255. The molecule has 0 aliphatic rings. The maximum Gasteiger partial charge on any atom is 0.229 e. The van der Waals surface area contributed by atoms with Gasteiger partial charge in [-0.05, 0) is 29.8 Å². The zero-order valence-corrected chi connectivity index (χ0v) is 10.2. The van der Waals surface area contributed by atoms with E-state index in [2.05, 4.69) is 15.5 Å². The average Bonchev–Trinajstić information content (AvgIpc) is 2.35. The van der Waals surface area contributed by atoms with Gasteiger partial charge in [-0.2, -0.15) is 0 Å². The molecule has 92 valence electrons. The van der Waals surface area contributed by atoms with Gasteiger partial charge in [-0.25, -0.2) is 0 Å². The van der Waals surface area contributed by atoms with Crippen LogP contribution >= 0.6 is 11.6 Å². The summed E-state index contributed by atoms with van der Waals surface area (Å²) in [6, 6.07) is 10.3. The Hall–Kier alpha value is -2.14. The molecule has 0 radical (unpaired) electrons. The van der Waals surface area contributed by atoms with E-state index >= 15 is 0 Å². The smallest absolute Gasteiger partial charge is 0.229 e. The first-order chi connectivity index (χ1) is 8.63. The van der Waals surface area contributed by atoms with Crippen molar-refractivity contribution in [3.05, 3.63) is 47.1 Å². The minimum absolute atomic E-state index is 0.170. The molecular weight excluding hydrogens is 252 g/mol. The number of benzene rings is 1. The van der Waals surface area contributed by atoms with Crippen molar-refractivity contribution in [2.24, 2.45) is 0 Å². The second-order valence-corrected chi connectivity index (χ2v) is 4.10. The highest BCUT2D eigenvalue weighted by Crippen LogP contribution is 2.09. The third-order valence-corrected chi connectivity index (χ3v) is 2.45. The number of carbonyl (C=O) groups is 1. The molecule has 0 unspecified atom stereocenters. The topological polar surface area (TPSA) is 80.9 Å². The molecule has 0 saturated heterocycles. The molecule has 0 bridgehead atoms. The summed E-state index contributed by atoms with van der Waals surface area (Å²) < 4.78 is 0. The fourth-order valence-corrected chi connectivity index (χ4v) is 1.49. The Bertz CT molecular complexity index is 490. The van der Waals surface area contributed by atoms with Gasteiger partial charge >= 0.3 is 0 Å². The van der Waals surface area contributed by atoms with E-state index in [4.69, 9.17) is 17.3 Å². The number of hydrogen-bond donors (Lipinski definition) is 2. The van der Waals surface area contributed by atoms with Crippen LogP contribution in [0.1, 0.15) is 5.56 Å². The molecule has 0 spiro atoms. The van der Waals surface area contributed by atoms with Gasteiger partial charge in [-0.1, -0.05) is 23.7 Å². The van der Waals surface area contributed by atoms with Crippen LogP contribution in [-0.2, 0) is 11.2 Å². The fraction of sp³-hybridized carbons (Fsp3) is 0.0833. The average molecular weight is 263 g/mol. The van der Waals surface area contributed by atoms with Crippen LogP contribution in [0.4, 0.5) is 11.5 Å².